The van der Waals surface area contributed by atoms with Crippen LogP contribution in [0.4, 0.5) is 13.2 Å². The van der Waals surface area contributed by atoms with Gasteiger partial charge in [-0.2, -0.15) is 0 Å². The zero-order valence-corrected chi connectivity index (χ0v) is 15.3. The van der Waals surface area contributed by atoms with Crippen molar-refractivity contribution in [3.63, 3.8) is 0 Å². The Morgan fingerprint density at radius 1 is 1.00 bits per heavy atom. The molecule has 2 amide bonds. The summed E-state index contributed by atoms with van der Waals surface area (Å²) in [7, 11) is 0. The SMILES string of the molecule is CC(=O)N(CCNC(=O)c1ccc(F)c(F)c1F)CCc1ccc(Cl)cc1. The molecule has 0 heterocycles. The fraction of sp³-hybridized carbons (Fsp3) is 0.263. The van der Waals surface area contributed by atoms with Crippen molar-refractivity contribution in [3.8, 4) is 0 Å². The number of rotatable bonds is 7. The third-order valence-corrected chi connectivity index (χ3v) is 4.23. The van der Waals surface area contributed by atoms with E-state index >= 15 is 0 Å². The highest BCUT2D eigenvalue weighted by Gasteiger charge is 2.19. The zero-order chi connectivity index (χ0) is 20.0. The van der Waals surface area contributed by atoms with E-state index in [1.165, 1.54) is 11.8 Å². The first kappa shape index (κ1) is 20.8. The summed E-state index contributed by atoms with van der Waals surface area (Å²) in [6, 6.07) is 8.77. The minimum atomic E-state index is -1.70. The van der Waals surface area contributed by atoms with E-state index in [1.807, 2.05) is 12.1 Å². The van der Waals surface area contributed by atoms with Crippen molar-refractivity contribution in [1.29, 1.82) is 0 Å². The molecule has 0 aromatic heterocycles. The minimum Gasteiger partial charge on any atom is -0.350 e. The maximum Gasteiger partial charge on any atom is 0.254 e. The molecule has 2 rings (SSSR count). The first-order valence-corrected chi connectivity index (χ1v) is 8.59. The van der Waals surface area contributed by atoms with Crippen LogP contribution >= 0.6 is 11.6 Å². The van der Waals surface area contributed by atoms with Gasteiger partial charge in [-0.25, -0.2) is 13.2 Å². The van der Waals surface area contributed by atoms with Crippen LogP contribution in [-0.4, -0.2) is 36.3 Å². The molecular formula is C19H18ClF3N2O2. The van der Waals surface area contributed by atoms with E-state index in [1.54, 1.807) is 12.1 Å². The number of nitrogens with zero attached hydrogens (tertiary/aromatic N) is 1. The first-order valence-electron chi connectivity index (χ1n) is 8.21. The molecule has 4 nitrogen and oxygen atoms in total. The van der Waals surface area contributed by atoms with Gasteiger partial charge < -0.3 is 10.2 Å². The maximum absolute atomic E-state index is 13.6. The Kier molecular flexibility index (Phi) is 7.24. The van der Waals surface area contributed by atoms with Crippen LogP contribution in [0.3, 0.4) is 0 Å². The molecule has 0 saturated carbocycles. The van der Waals surface area contributed by atoms with Gasteiger partial charge in [0.05, 0.1) is 5.56 Å². The van der Waals surface area contributed by atoms with E-state index in [2.05, 4.69) is 5.32 Å². The Hall–Kier alpha value is -2.54. The van der Waals surface area contributed by atoms with Crippen molar-refractivity contribution in [2.75, 3.05) is 19.6 Å². The molecule has 27 heavy (non-hydrogen) atoms. The molecule has 0 radical (unpaired) electrons. The fourth-order valence-electron chi connectivity index (χ4n) is 2.44. The largest absolute Gasteiger partial charge is 0.350 e. The summed E-state index contributed by atoms with van der Waals surface area (Å²) in [6.45, 7) is 2.06. The van der Waals surface area contributed by atoms with Crippen molar-refractivity contribution in [2.24, 2.45) is 0 Å². The van der Waals surface area contributed by atoms with Gasteiger partial charge in [0.2, 0.25) is 5.91 Å². The second kappa shape index (κ2) is 9.41. The molecule has 0 aliphatic carbocycles. The van der Waals surface area contributed by atoms with Crippen LogP contribution in [0.2, 0.25) is 5.02 Å². The molecule has 0 bridgehead atoms. The van der Waals surface area contributed by atoms with Gasteiger partial charge in [0.15, 0.2) is 17.5 Å². The van der Waals surface area contributed by atoms with E-state index in [0.29, 0.717) is 24.1 Å². The van der Waals surface area contributed by atoms with E-state index in [9.17, 15) is 22.8 Å². The quantitative estimate of drug-likeness (QED) is 0.725. The number of carbonyl (C=O) groups excluding carboxylic acids is 2. The molecule has 8 heteroatoms. The van der Waals surface area contributed by atoms with Crippen molar-refractivity contribution in [3.05, 3.63) is 70.0 Å². The summed E-state index contributed by atoms with van der Waals surface area (Å²) in [5, 5.41) is 3.02. The lowest BCUT2D eigenvalue weighted by Crippen LogP contribution is -2.38. The number of hydrogen-bond donors (Lipinski definition) is 1. The second-order valence-electron chi connectivity index (χ2n) is 5.86. The van der Waals surface area contributed by atoms with E-state index < -0.39 is 28.9 Å². The van der Waals surface area contributed by atoms with Gasteiger partial charge in [0.1, 0.15) is 0 Å². The summed E-state index contributed by atoms with van der Waals surface area (Å²) in [5.74, 6) is -5.67. The van der Waals surface area contributed by atoms with E-state index in [-0.39, 0.29) is 19.0 Å². The van der Waals surface area contributed by atoms with Crippen LogP contribution in [0.1, 0.15) is 22.8 Å². The number of carbonyl (C=O) groups is 2. The number of nitrogens with one attached hydrogen (secondary N) is 1. The topological polar surface area (TPSA) is 49.4 Å². The predicted octanol–water partition coefficient (Wildman–Crippen LogP) is 3.58. The molecule has 2 aromatic rings. The third-order valence-electron chi connectivity index (χ3n) is 3.98. The second-order valence-corrected chi connectivity index (χ2v) is 6.30. The highest BCUT2D eigenvalue weighted by atomic mass is 35.5. The fourth-order valence-corrected chi connectivity index (χ4v) is 2.57. The molecule has 0 aliphatic heterocycles. The van der Waals surface area contributed by atoms with Crippen molar-refractivity contribution in [1.82, 2.24) is 10.2 Å². The van der Waals surface area contributed by atoms with E-state index in [4.69, 9.17) is 11.6 Å². The molecule has 1 N–H and O–H groups in total. The van der Waals surface area contributed by atoms with Crippen LogP contribution < -0.4 is 5.32 Å². The predicted molar refractivity (Wildman–Crippen MR) is 96.1 cm³/mol. The van der Waals surface area contributed by atoms with Crippen LogP contribution in [0.5, 0.6) is 0 Å². The van der Waals surface area contributed by atoms with Crippen LogP contribution in [0.15, 0.2) is 36.4 Å². The molecule has 0 spiro atoms. The van der Waals surface area contributed by atoms with Crippen LogP contribution in [0.25, 0.3) is 0 Å². The van der Waals surface area contributed by atoms with Crippen LogP contribution in [0, 0.1) is 17.5 Å². The van der Waals surface area contributed by atoms with Gasteiger partial charge in [-0.1, -0.05) is 23.7 Å². The monoisotopic (exact) mass is 398 g/mol. The highest BCUT2D eigenvalue weighted by molar-refractivity contribution is 6.30. The first-order chi connectivity index (χ1) is 12.8. The van der Waals surface area contributed by atoms with Crippen molar-refractivity contribution in [2.45, 2.75) is 13.3 Å². The Labute approximate surface area is 159 Å². The van der Waals surface area contributed by atoms with Gasteiger partial charge in [-0.05, 0) is 36.2 Å². The van der Waals surface area contributed by atoms with Gasteiger partial charge >= 0.3 is 0 Å². The summed E-state index contributed by atoms with van der Waals surface area (Å²) in [5.41, 5.74) is 0.406. The Bertz CT molecular complexity index is 828. The molecule has 2 aromatic carbocycles. The molecule has 0 atom stereocenters. The van der Waals surface area contributed by atoms with Gasteiger partial charge in [-0.15, -0.1) is 0 Å². The van der Waals surface area contributed by atoms with Crippen LogP contribution in [-0.2, 0) is 11.2 Å². The molecule has 0 aliphatic rings. The van der Waals surface area contributed by atoms with Gasteiger partial charge in [0, 0.05) is 31.6 Å². The lowest BCUT2D eigenvalue weighted by molar-refractivity contribution is -0.128. The van der Waals surface area contributed by atoms with E-state index in [0.717, 1.165) is 11.6 Å². The molecule has 0 fully saturated rings. The normalized spacial score (nSPS) is 10.6. The standard InChI is InChI=1S/C19H18ClF3N2O2/c1-12(26)25(10-8-13-2-4-14(20)5-3-13)11-9-24-19(27)15-6-7-16(21)18(23)17(15)22/h2-7H,8-11H2,1H3,(H,24,27). The number of halogens is 4. The third kappa shape index (κ3) is 5.72. The Morgan fingerprint density at radius 3 is 2.30 bits per heavy atom. The van der Waals surface area contributed by atoms with Crippen molar-refractivity contribution >= 4 is 23.4 Å². The number of amides is 2. The van der Waals surface area contributed by atoms with Gasteiger partial charge in [-0.3, -0.25) is 9.59 Å². The minimum absolute atomic E-state index is 0.0392. The summed E-state index contributed by atoms with van der Waals surface area (Å²) >= 11 is 5.83. The molecule has 0 unspecified atom stereocenters. The Morgan fingerprint density at radius 2 is 1.67 bits per heavy atom. The Balaban J connectivity index is 1.88. The smallest absolute Gasteiger partial charge is 0.254 e. The summed E-state index contributed by atoms with van der Waals surface area (Å²) in [6.07, 6.45) is 0.600. The lowest BCUT2D eigenvalue weighted by atomic mass is 10.1. The average molecular weight is 399 g/mol. The number of benzene rings is 2. The zero-order valence-electron chi connectivity index (χ0n) is 14.6. The summed E-state index contributed by atoms with van der Waals surface area (Å²) < 4.78 is 39.7. The molecule has 144 valence electrons. The van der Waals surface area contributed by atoms with Gasteiger partial charge in [0.25, 0.3) is 5.91 Å². The maximum atomic E-state index is 13.6. The van der Waals surface area contributed by atoms with Crippen molar-refractivity contribution < 1.29 is 22.8 Å². The highest BCUT2D eigenvalue weighted by Crippen LogP contribution is 2.15. The lowest BCUT2D eigenvalue weighted by Gasteiger charge is -2.21. The molecular weight excluding hydrogens is 381 g/mol. The summed E-state index contributed by atoms with van der Waals surface area (Å²) in [4.78, 5) is 25.2. The number of hydrogen-bond acceptors (Lipinski definition) is 2. The molecule has 0 saturated heterocycles. The average Bonchev–Trinajstić information content (AvgIpc) is 2.63.